The summed E-state index contributed by atoms with van der Waals surface area (Å²) in [7, 11) is 1.64. The van der Waals surface area contributed by atoms with Gasteiger partial charge in [0.1, 0.15) is 17.3 Å². The van der Waals surface area contributed by atoms with Crippen LogP contribution in [0.5, 0.6) is 11.5 Å². The van der Waals surface area contributed by atoms with E-state index in [1.54, 1.807) is 25.4 Å². The number of pyridine rings is 1. The molecule has 0 saturated heterocycles. The van der Waals surface area contributed by atoms with Crippen LogP contribution in [-0.2, 0) is 6.54 Å². The van der Waals surface area contributed by atoms with Crippen molar-refractivity contribution in [3.8, 4) is 11.5 Å². The Kier molecular flexibility index (Phi) is 6.68. The van der Waals surface area contributed by atoms with Crippen molar-refractivity contribution in [3.63, 3.8) is 0 Å². The van der Waals surface area contributed by atoms with Crippen molar-refractivity contribution in [1.29, 1.82) is 0 Å². The highest BCUT2D eigenvalue weighted by Gasteiger charge is 2.07. The third-order valence-electron chi connectivity index (χ3n) is 4.14. The number of methoxy groups -OCH3 is 1. The van der Waals surface area contributed by atoms with E-state index in [4.69, 9.17) is 9.47 Å². The van der Waals surface area contributed by atoms with Gasteiger partial charge >= 0.3 is 0 Å². The molecule has 0 saturated carbocycles. The minimum Gasteiger partial charge on any atom is -0.497 e. The number of benzene rings is 2. The molecule has 6 heteroatoms. The number of anilines is 2. The highest BCUT2D eigenvalue weighted by atomic mass is 16.5. The van der Waals surface area contributed by atoms with Crippen LogP contribution in [0.1, 0.15) is 29.8 Å². The summed E-state index contributed by atoms with van der Waals surface area (Å²) in [6, 6.07) is 18.6. The molecule has 2 N–H and O–H groups in total. The van der Waals surface area contributed by atoms with Gasteiger partial charge in [0.15, 0.2) is 0 Å². The number of hydrogen-bond donors (Lipinski definition) is 2. The molecule has 0 spiro atoms. The molecule has 0 radical (unpaired) electrons. The maximum absolute atomic E-state index is 12.4. The van der Waals surface area contributed by atoms with Crippen molar-refractivity contribution in [2.24, 2.45) is 0 Å². The van der Waals surface area contributed by atoms with Crippen LogP contribution < -0.4 is 20.1 Å². The largest absolute Gasteiger partial charge is 0.497 e. The second kappa shape index (κ2) is 9.59. The molecule has 0 unspecified atom stereocenters. The van der Waals surface area contributed by atoms with Crippen molar-refractivity contribution in [3.05, 3.63) is 78.0 Å². The van der Waals surface area contributed by atoms with Gasteiger partial charge in [0.25, 0.3) is 5.91 Å². The maximum atomic E-state index is 12.4. The standard InChI is InChI=1S/C23H25N3O3/c1-16(2)29-21-11-7-19(8-12-21)26-23(27)18-6-13-22(25-15-18)24-14-17-4-9-20(28-3)10-5-17/h4-13,15-16H,14H2,1-3H3,(H,24,25)(H,26,27). The molecule has 6 nitrogen and oxygen atoms in total. The molecular weight excluding hydrogens is 366 g/mol. The number of nitrogens with zero attached hydrogens (tertiary/aromatic N) is 1. The smallest absolute Gasteiger partial charge is 0.257 e. The van der Waals surface area contributed by atoms with Crippen LogP contribution in [0.25, 0.3) is 0 Å². The Morgan fingerprint density at radius 2 is 1.66 bits per heavy atom. The summed E-state index contributed by atoms with van der Waals surface area (Å²) >= 11 is 0. The fourth-order valence-corrected chi connectivity index (χ4v) is 2.66. The predicted molar refractivity (Wildman–Crippen MR) is 115 cm³/mol. The lowest BCUT2D eigenvalue weighted by Gasteiger charge is -2.11. The molecular formula is C23H25N3O3. The highest BCUT2D eigenvalue weighted by Crippen LogP contribution is 2.18. The molecule has 3 rings (SSSR count). The van der Waals surface area contributed by atoms with E-state index in [9.17, 15) is 4.79 Å². The Balaban J connectivity index is 1.54. The number of carbonyl (C=O) groups excluding carboxylic acids is 1. The van der Waals surface area contributed by atoms with Gasteiger partial charge in [0.2, 0.25) is 0 Å². The Bertz CT molecular complexity index is 921. The number of nitrogens with one attached hydrogen (secondary N) is 2. The summed E-state index contributed by atoms with van der Waals surface area (Å²) in [6.07, 6.45) is 1.67. The molecule has 2 aromatic carbocycles. The van der Waals surface area contributed by atoms with Gasteiger partial charge in [-0.1, -0.05) is 12.1 Å². The monoisotopic (exact) mass is 391 g/mol. The average Bonchev–Trinajstić information content (AvgIpc) is 2.74. The quantitative estimate of drug-likeness (QED) is 0.580. The van der Waals surface area contributed by atoms with Crippen molar-refractivity contribution in [2.45, 2.75) is 26.5 Å². The summed E-state index contributed by atoms with van der Waals surface area (Å²) in [4.78, 5) is 16.7. The molecule has 0 aliphatic heterocycles. The van der Waals surface area contributed by atoms with Crippen molar-refractivity contribution in [1.82, 2.24) is 4.98 Å². The van der Waals surface area contributed by atoms with E-state index in [1.165, 1.54) is 0 Å². The lowest BCUT2D eigenvalue weighted by molar-refractivity contribution is 0.102. The van der Waals surface area contributed by atoms with E-state index < -0.39 is 0 Å². The second-order valence-electron chi connectivity index (χ2n) is 6.78. The van der Waals surface area contributed by atoms with Crippen molar-refractivity contribution < 1.29 is 14.3 Å². The molecule has 1 amide bonds. The summed E-state index contributed by atoms with van der Waals surface area (Å²) in [5, 5.41) is 6.10. The van der Waals surface area contributed by atoms with Crippen LogP contribution in [-0.4, -0.2) is 24.1 Å². The second-order valence-corrected chi connectivity index (χ2v) is 6.78. The Morgan fingerprint density at radius 1 is 0.966 bits per heavy atom. The summed E-state index contributed by atoms with van der Waals surface area (Å²) < 4.78 is 10.8. The number of ether oxygens (including phenoxy) is 2. The Morgan fingerprint density at radius 3 is 2.24 bits per heavy atom. The van der Waals surface area contributed by atoms with Gasteiger partial charge in [-0.15, -0.1) is 0 Å². The van der Waals surface area contributed by atoms with Gasteiger partial charge in [-0.05, 0) is 67.9 Å². The number of rotatable bonds is 8. The lowest BCUT2D eigenvalue weighted by Crippen LogP contribution is -2.12. The summed E-state index contributed by atoms with van der Waals surface area (Å²) in [6.45, 7) is 4.57. The molecule has 3 aromatic rings. The first-order valence-electron chi connectivity index (χ1n) is 9.44. The van der Waals surface area contributed by atoms with Gasteiger partial charge in [0.05, 0.1) is 18.8 Å². The van der Waals surface area contributed by atoms with Crippen LogP contribution in [0.3, 0.4) is 0 Å². The third kappa shape index (κ3) is 5.97. The summed E-state index contributed by atoms with van der Waals surface area (Å²) in [5.41, 5.74) is 2.30. The molecule has 0 fully saturated rings. The maximum Gasteiger partial charge on any atom is 0.257 e. The molecule has 1 heterocycles. The van der Waals surface area contributed by atoms with Crippen LogP contribution >= 0.6 is 0 Å². The fraction of sp³-hybridized carbons (Fsp3) is 0.217. The van der Waals surface area contributed by atoms with Crippen LogP contribution in [0.15, 0.2) is 66.9 Å². The summed E-state index contributed by atoms with van der Waals surface area (Å²) in [5.74, 6) is 2.08. The van der Waals surface area contributed by atoms with Gasteiger partial charge in [0, 0.05) is 18.4 Å². The Hall–Kier alpha value is -3.54. The first kappa shape index (κ1) is 20.2. The van der Waals surface area contributed by atoms with E-state index in [1.807, 2.05) is 62.4 Å². The third-order valence-corrected chi connectivity index (χ3v) is 4.14. The number of aromatic nitrogens is 1. The zero-order valence-corrected chi connectivity index (χ0v) is 16.8. The average molecular weight is 391 g/mol. The normalized spacial score (nSPS) is 10.5. The highest BCUT2D eigenvalue weighted by molar-refractivity contribution is 6.04. The van der Waals surface area contributed by atoms with Gasteiger partial charge < -0.3 is 20.1 Å². The molecule has 0 atom stereocenters. The molecule has 1 aromatic heterocycles. The first-order chi connectivity index (χ1) is 14.0. The van der Waals surface area contributed by atoms with Crippen molar-refractivity contribution in [2.75, 3.05) is 17.7 Å². The van der Waals surface area contributed by atoms with Crippen LogP contribution in [0, 0.1) is 0 Å². The van der Waals surface area contributed by atoms with Crippen molar-refractivity contribution >= 4 is 17.4 Å². The van der Waals surface area contributed by atoms with Gasteiger partial charge in [-0.25, -0.2) is 4.98 Å². The number of amides is 1. The van der Waals surface area contributed by atoms with E-state index in [2.05, 4.69) is 15.6 Å². The first-order valence-corrected chi connectivity index (χ1v) is 9.44. The van der Waals surface area contributed by atoms with E-state index in [-0.39, 0.29) is 12.0 Å². The predicted octanol–water partition coefficient (Wildman–Crippen LogP) is 4.74. The molecule has 0 bridgehead atoms. The zero-order chi connectivity index (χ0) is 20.6. The van der Waals surface area contributed by atoms with E-state index in [0.29, 0.717) is 23.6 Å². The number of hydrogen-bond acceptors (Lipinski definition) is 5. The van der Waals surface area contributed by atoms with Gasteiger partial charge in [-0.2, -0.15) is 0 Å². The lowest BCUT2D eigenvalue weighted by atomic mass is 10.2. The van der Waals surface area contributed by atoms with E-state index in [0.717, 1.165) is 17.1 Å². The molecule has 29 heavy (non-hydrogen) atoms. The zero-order valence-electron chi connectivity index (χ0n) is 16.8. The molecule has 0 aliphatic rings. The topological polar surface area (TPSA) is 72.5 Å². The van der Waals surface area contributed by atoms with E-state index >= 15 is 0 Å². The molecule has 0 aliphatic carbocycles. The van der Waals surface area contributed by atoms with Gasteiger partial charge in [-0.3, -0.25) is 4.79 Å². The minimum atomic E-state index is -0.211. The molecule has 150 valence electrons. The van der Waals surface area contributed by atoms with Crippen LogP contribution in [0.2, 0.25) is 0 Å². The SMILES string of the molecule is COc1ccc(CNc2ccc(C(=O)Nc3ccc(OC(C)C)cc3)cn2)cc1. The fourth-order valence-electron chi connectivity index (χ4n) is 2.66. The Labute approximate surface area is 170 Å². The minimum absolute atomic E-state index is 0.110. The van der Waals surface area contributed by atoms with Crippen LogP contribution in [0.4, 0.5) is 11.5 Å². The number of carbonyl (C=O) groups is 1.